The maximum Gasteiger partial charge on any atom is 0.291 e. The van der Waals surface area contributed by atoms with E-state index in [-0.39, 0.29) is 11.7 Å². The molecule has 0 radical (unpaired) electrons. The van der Waals surface area contributed by atoms with Crippen molar-refractivity contribution in [3.8, 4) is 5.75 Å². The molecule has 1 aromatic heterocycles. The summed E-state index contributed by atoms with van der Waals surface area (Å²) in [4.78, 5) is 11.9. The summed E-state index contributed by atoms with van der Waals surface area (Å²) < 4.78 is 10.9. The number of hydrogen-bond acceptors (Lipinski definition) is 3. The van der Waals surface area contributed by atoms with Crippen LogP contribution in [0.3, 0.4) is 0 Å². The minimum atomic E-state index is -0.274. The number of anilines is 1. The fraction of sp³-hybridized carbons (Fsp3) is 0.150. The van der Waals surface area contributed by atoms with Crippen LogP contribution in [0.1, 0.15) is 27.2 Å². The number of hydrogen-bond donors (Lipinski definition) is 1. The van der Waals surface area contributed by atoms with E-state index in [0.29, 0.717) is 12.3 Å². The molecule has 3 aromatic rings. The first kappa shape index (κ1) is 15.9. The lowest BCUT2D eigenvalue weighted by Crippen LogP contribution is -2.10. The van der Waals surface area contributed by atoms with Crippen molar-refractivity contribution < 1.29 is 13.9 Å². The Labute approximate surface area is 141 Å². The number of carbonyl (C=O) groups excluding carboxylic acids is 1. The average molecular weight is 321 g/mol. The Kier molecular flexibility index (Phi) is 4.66. The van der Waals surface area contributed by atoms with Crippen molar-refractivity contribution in [3.63, 3.8) is 0 Å². The molecule has 2 aromatic carbocycles. The van der Waals surface area contributed by atoms with Crippen LogP contribution in [-0.4, -0.2) is 5.91 Å². The molecule has 4 heteroatoms. The molecule has 3 rings (SSSR count). The predicted octanol–water partition coefficient (Wildman–Crippen LogP) is 4.73. The number of furan rings is 1. The van der Waals surface area contributed by atoms with Gasteiger partial charge in [0, 0.05) is 5.69 Å². The maximum atomic E-state index is 11.9. The van der Waals surface area contributed by atoms with E-state index in [1.807, 2.05) is 12.1 Å². The minimum Gasteiger partial charge on any atom is -0.489 e. The van der Waals surface area contributed by atoms with Crippen LogP contribution in [0.5, 0.6) is 5.75 Å². The zero-order chi connectivity index (χ0) is 16.9. The number of rotatable bonds is 5. The van der Waals surface area contributed by atoms with Gasteiger partial charge < -0.3 is 14.5 Å². The zero-order valence-corrected chi connectivity index (χ0v) is 13.7. The van der Waals surface area contributed by atoms with Gasteiger partial charge >= 0.3 is 0 Å². The van der Waals surface area contributed by atoms with Crippen LogP contribution >= 0.6 is 0 Å². The van der Waals surface area contributed by atoms with E-state index in [1.54, 1.807) is 24.3 Å². The molecule has 0 fully saturated rings. The molecule has 0 aliphatic rings. The Morgan fingerprint density at radius 2 is 1.88 bits per heavy atom. The first-order valence-corrected chi connectivity index (χ1v) is 7.76. The van der Waals surface area contributed by atoms with Crippen LogP contribution in [0.4, 0.5) is 5.69 Å². The van der Waals surface area contributed by atoms with Crippen molar-refractivity contribution in [1.82, 2.24) is 0 Å². The molecule has 1 amide bonds. The molecule has 0 saturated carbocycles. The molecular formula is C20H19NO3. The molecule has 1 heterocycles. The molecular weight excluding hydrogens is 302 g/mol. The number of carbonyl (C=O) groups is 1. The van der Waals surface area contributed by atoms with Crippen molar-refractivity contribution in [2.75, 3.05) is 5.32 Å². The van der Waals surface area contributed by atoms with E-state index in [2.05, 4.69) is 37.4 Å². The Bertz CT molecular complexity index is 821. The Balaban J connectivity index is 1.60. The summed E-state index contributed by atoms with van der Waals surface area (Å²) in [5, 5.41) is 2.77. The van der Waals surface area contributed by atoms with Crippen molar-refractivity contribution in [2.24, 2.45) is 0 Å². The van der Waals surface area contributed by atoms with Crippen molar-refractivity contribution >= 4 is 11.6 Å². The Hall–Kier alpha value is -3.01. The molecule has 0 atom stereocenters. The highest BCUT2D eigenvalue weighted by Gasteiger charge is 2.08. The molecule has 0 aliphatic heterocycles. The molecule has 24 heavy (non-hydrogen) atoms. The van der Waals surface area contributed by atoms with Gasteiger partial charge in [0.05, 0.1) is 6.26 Å². The predicted molar refractivity (Wildman–Crippen MR) is 93.4 cm³/mol. The van der Waals surface area contributed by atoms with E-state index in [0.717, 1.165) is 5.75 Å². The van der Waals surface area contributed by atoms with Gasteiger partial charge in [0.1, 0.15) is 12.4 Å². The fourth-order valence-electron chi connectivity index (χ4n) is 2.35. The minimum absolute atomic E-state index is 0.274. The first-order chi connectivity index (χ1) is 11.6. The lowest BCUT2D eigenvalue weighted by atomic mass is 10.1. The summed E-state index contributed by atoms with van der Waals surface area (Å²) in [6, 6.07) is 16.9. The summed E-state index contributed by atoms with van der Waals surface area (Å²) in [6.07, 6.45) is 1.47. The molecule has 0 saturated heterocycles. The van der Waals surface area contributed by atoms with Gasteiger partial charge in [-0.15, -0.1) is 0 Å². The Morgan fingerprint density at radius 3 is 2.58 bits per heavy atom. The highest BCUT2D eigenvalue weighted by molar-refractivity contribution is 6.02. The van der Waals surface area contributed by atoms with Gasteiger partial charge in [-0.05, 0) is 61.4 Å². The zero-order valence-electron chi connectivity index (χ0n) is 13.7. The second kappa shape index (κ2) is 7.04. The number of ether oxygens (including phenoxy) is 1. The standard InChI is InChI=1S/C20H19NO3/c1-14-5-6-15(2)16(12-14)13-24-18-9-7-17(8-10-18)21-20(22)19-4-3-11-23-19/h3-12H,13H2,1-2H3,(H,21,22). The normalized spacial score (nSPS) is 10.4. The average Bonchev–Trinajstić information content (AvgIpc) is 3.12. The fourth-order valence-corrected chi connectivity index (χ4v) is 2.35. The SMILES string of the molecule is Cc1ccc(C)c(COc2ccc(NC(=O)c3ccco3)cc2)c1. The topological polar surface area (TPSA) is 51.5 Å². The third-order valence-corrected chi connectivity index (χ3v) is 3.76. The van der Waals surface area contributed by atoms with E-state index in [1.165, 1.54) is 23.0 Å². The number of benzene rings is 2. The lowest BCUT2D eigenvalue weighted by Gasteiger charge is -2.10. The number of amides is 1. The lowest BCUT2D eigenvalue weighted by molar-refractivity contribution is 0.0996. The highest BCUT2D eigenvalue weighted by Crippen LogP contribution is 2.19. The van der Waals surface area contributed by atoms with Gasteiger partial charge in [-0.3, -0.25) is 4.79 Å². The smallest absolute Gasteiger partial charge is 0.291 e. The van der Waals surface area contributed by atoms with Crippen LogP contribution in [0, 0.1) is 13.8 Å². The maximum absolute atomic E-state index is 11.9. The van der Waals surface area contributed by atoms with E-state index < -0.39 is 0 Å². The molecule has 0 aliphatic carbocycles. The van der Waals surface area contributed by atoms with Crippen LogP contribution in [0.15, 0.2) is 65.3 Å². The first-order valence-electron chi connectivity index (χ1n) is 7.76. The molecule has 0 unspecified atom stereocenters. The second-order valence-corrected chi connectivity index (χ2v) is 5.67. The molecule has 122 valence electrons. The summed E-state index contributed by atoms with van der Waals surface area (Å²) in [5.74, 6) is 0.765. The van der Waals surface area contributed by atoms with Gasteiger partial charge in [0.15, 0.2) is 5.76 Å². The molecule has 1 N–H and O–H groups in total. The quantitative estimate of drug-likeness (QED) is 0.739. The number of nitrogens with one attached hydrogen (secondary N) is 1. The summed E-state index contributed by atoms with van der Waals surface area (Å²) in [6.45, 7) is 4.66. The van der Waals surface area contributed by atoms with Crippen molar-refractivity contribution in [1.29, 1.82) is 0 Å². The molecule has 4 nitrogen and oxygen atoms in total. The molecule has 0 bridgehead atoms. The van der Waals surface area contributed by atoms with Gasteiger partial charge in [-0.25, -0.2) is 0 Å². The molecule has 0 spiro atoms. The summed E-state index contributed by atoms with van der Waals surface area (Å²) >= 11 is 0. The van der Waals surface area contributed by atoms with Crippen LogP contribution in [0.2, 0.25) is 0 Å². The largest absolute Gasteiger partial charge is 0.489 e. The van der Waals surface area contributed by atoms with Gasteiger partial charge in [-0.2, -0.15) is 0 Å². The van der Waals surface area contributed by atoms with Crippen LogP contribution in [-0.2, 0) is 6.61 Å². The Morgan fingerprint density at radius 1 is 1.08 bits per heavy atom. The third kappa shape index (κ3) is 3.84. The van der Waals surface area contributed by atoms with Gasteiger partial charge in [0.25, 0.3) is 5.91 Å². The van der Waals surface area contributed by atoms with Crippen LogP contribution in [0.25, 0.3) is 0 Å². The van der Waals surface area contributed by atoms with Crippen LogP contribution < -0.4 is 10.1 Å². The van der Waals surface area contributed by atoms with E-state index in [9.17, 15) is 4.79 Å². The van der Waals surface area contributed by atoms with E-state index in [4.69, 9.17) is 9.15 Å². The second-order valence-electron chi connectivity index (χ2n) is 5.67. The number of aryl methyl sites for hydroxylation is 2. The van der Waals surface area contributed by atoms with Crippen molar-refractivity contribution in [2.45, 2.75) is 20.5 Å². The summed E-state index contributed by atoms with van der Waals surface area (Å²) in [5.41, 5.74) is 4.29. The summed E-state index contributed by atoms with van der Waals surface area (Å²) in [7, 11) is 0. The van der Waals surface area contributed by atoms with E-state index >= 15 is 0 Å². The monoisotopic (exact) mass is 321 g/mol. The van der Waals surface area contributed by atoms with Crippen molar-refractivity contribution in [3.05, 3.63) is 83.3 Å². The highest BCUT2D eigenvalue weighted by atomic mass is 16.5. The third-order valence-electron chi connectivity index (χ3n) is 3.76. The van der Waals surface area contributed by atoms with Gasteiger partial charge in [0.2, 0.25) is 0 Å². The van der Waals surface area contributed by atoms with Gasteiger partial charge in [-0.1, -0.05) is 23.8 Å².